The predicted molar refractivity (Wildman–Crippen MR) is 96.1 cm³/mol. The summed E-state index contributed by atoms with van der Waals surface area (Å²) in [6.07, 6.45) is 0.506. The van der Waals surface area contributed by atoms with Crippen LogP contribution in [0.3, 0.4) is 0 Å². The molecule has 0 atom stereocenters. The van der Waals surface area contributed by atoms with Crippen molar-refractivity contribution in [2.75, 3.05) is 11.9 Å². The lowest BCUT2D eigenvalue weighted by atomic mass is 10.1. The molecule has 25 heavy (non-hydrogen) atoms. The van der Waals surface area contributed by atoms with Crippen LogP contribution < -0.4 is 5.32 Å². The molecule has 3 amide bonds. The molecular weight excluding hydrogens is 363 g/mol. The summed E-state index contributed by atoms with van der Waals surface area (Å²) in [4.78, 5) is 37.7. The van der Waals surface area contributed by atoms with Gasteiger partial charge in [-0.25, -0.2) is 0 Å². The molecule has 0 radical (unpaired) electrons. The van der Waals surface area contributed by atoms with Crippen LogP contribution in [-0.2, 0) is 4.79 Å². The Morgan fingerprint density at radius 2 is 1.64 bits per heavy atom. The molecule has 1 aliphatic rings. The van der Waals surface area contributed by atoms with Crippen molar-refractivity contribution in [1.82, 2.24) is 4.90 Å². The molecule has 0 saturated carbocycles. The van der Waals surface area contributed by atoms with E-state index in [1.807, 2.05) is 0 Å². The van der Waals surface area contributed by atoms with Gasteiger partial charge in [0.25, 0.3) is 11.8 Å². The maximum atomic E-state index is 12.2. The monoisotopic (exact) mass is 376 g/mol. The van der Waals surface area contributed by atoms with Crippen molar-refractivity contribution in [2.24, 2.45) is 0 Å². The molecule has 0 fully saturated rings. The van der Waals surface area contributed by atoms with Gasteiger partial charge in [0.15, 0.2) is 0 Å². The Kier molecular flexibility index (Phi) is 5.06. The van der Waals surface area contributed by atoms with Crippen LogP contribution in [0.5, 0.6) is 0 Å². The number of hydrogen-bond acceptors (Lipinski definition) is 3. The first-order valence-corrected chi connectivity index (χ1v) is 8.43. The van der Waals surface area contributed by atoms with Gasteiger partial charge in [-0.15, -0.1) is 0 Å². The number of rotatable bonds is 5. The van der Waals surface area contributed by atoms with Crippen LogP contribution in [-0.4, -0.2) is 29.2 Å². The van der Waals surface area contributed by atoms with Gasteiger partial charge < -0.3 is 5.32 Å². The maximum absolute atomic E-state index is 12.2. The largest absolute Gasteiger partial charge is 0.325 e. The van der Waals surface area contributed by atoms with E-state index >= 15 is 0 Å². The number of carbonyl (C=O) groups is 3. The van der Waals surface area contributed by atoms with Gasteiger partial charge in [0.2, 0.25) is 5.91 Å². The highest BCUT2D eigenvalue weighted by molar-refractivity contribution is 6.35. The molecule has 0 aliphatic carbocycles. The molecule has 1 heterocycles. The molecular formula is C18H14Cl2N2O3. The number of amides is 3. The zero-order chi connectivity index (χ0) is 18.0. The summed E-state index contributed by atoms with van der Waals surface area (Å²) < 4.78 is 0. The minimum atomic E-state index is -0.320. The van der Waals surface area contributed by atoms with E-state index in [1.165, 1.54) is 4.90 Å². The SMILES string of the molecule is O=C(CCCN1C(=O)c2ccccc2C1=O)Nc1cc(Cl)ccc1Cl. The molecule has 0 saturated heterocycles. The molecule has 128 valence electrons. The van der Waals surface area contributed by atoms with Crippen LogP contribution >= 0.6 is 23.2 Å². The zero-order valence-electron chi connectivity index (χ0n) is 13.1. The number of benzene rings is 2. The zero-order valence-corrected chi connectivity index (χ0v) is 14.6. The van der Waals surface area contributed by atoms with Gasteiger partial charge in [-0.05, 0) is 36.8 Å². The predicted octanol–water partition coefficient (Wildman–Crippen LogP) is 4.01. The second kappa shape index (κ2) is 7.25. The molecule has 1 N–H and O–H groups in total. The van der Waals surface area contributed by atoms with E-state index < -0.39 is 0 Å². The third-order valence-corrected chi connectivity index (χ3v) is 4.43. The van der Waals surface area contributed by atoms with Crippen LogP contribution in [0.1, 0.15) is 33.6 Å². The normalized spacial score (nSPS) is 13.1. The number of nitrogens with zero attached hydrogens (tertiary/aromatic N) is 1. The number of carbonyl (C=O) groups excluding carboxylic acids is 3. The van der Waals surface area contributed by atoms with Crippen LogP contribution in [0.15, 0.2) is 42.5 Å². The standard InChI is InChI=1S/C18H14Cl2N2O3/c19-11-7-8-14(20)15(10-11)21-16(23)6-3-9-22-17(24)12-4-1-2-5-13(12)18(22)25/h1-2,4-5,7-8,10H,3,6,9H2,(H,21,23). The van der Waals surface area contributed by atoms with Gasteiger partial charge >= 0.3 is 0 Å². The third kappa shape index (κ3) is 3.67. The highest BCUT2D eigenvalue weighted by Crippen LogP contribution is 2.26. The average Bonchev–Trinajstić information content (AvgIpc) is 2.83. The molecule has 2 aromatic carbocycles. The van der Waals surface area contributed by atoms with Gasteiger partial charge in [0.1, 0.15) is 0 Å². The minimum Gasteiger partial charge on any atom is -0.325 e. The summed E-state index contributed by atoms with van der Waals surface area (Å²) >= 11 is 11.9. The molecule has 7 heteroatoms. The van der Waals surface area contributed by atoms with Crippen molar-refractivity contribution in [3.05, 3.63) is 63.6 Å². The maximum Gasteiger partial charge on any atom is 0.261 e. The highest BCUT2D eigenvalue weighted by atomic mass is 35.5. The van der Waals surface area contributed by atoms with E-state index in [9.17, 15) is 14.4 Å². The van der Waals surface area contributed by atoms with Crippen molar-refractivity contribution in [2.45, 2.75) is 12.8 Å². The lowest BCUT2D eigenvalue weighted by Gasteiger charge is -2.13. The lowest BCUT2D eigenvalue weighted by molar-refractivity contribution is -0.116. The summed E-state index contributed by atoms with van der Waals surface area (Å²) in [7, 11) is 0. The lowest BCUT2D eigenvalue weighted by Crippen LogP contribution is -2.31. The number of imide groups is 1. The average molecular weight is 377 g/mol. The first kappa shape index (κ1) is 17.5. The molecule has 2 aromatic rings. The van der Waals surface area contributed by atoms with Crippen LogP contribution in [0.4, 0.5) is 5.69 Å². The molecule has 0 bridgehead atoms. The summed E-state index contributed by atoms with van der Waals surface area (Å²) in [6.45, 7) is 0.184. The van der Waals surface area contributed by atoms with Crippen molar-refractivity contribution < 1.29 is 14.4 Å². The molecule has 1 aliphatic heterocycles. The Bertz CT molecular complexity index is 832. The number of nitrogens with one attached hydrogen (secondary N) is 1. The van der Waals surface area contributed by atoms with E-state index in [0.717, 1.165) is 0 Å². The fourth-order valence-electron chi connectivity index (χ4n) is 2.65. The van der Waals surface area contributed by atoms with Gasteiger partial charge in [-0.2, -0.15) is 0 Å². The van der Waals surface area contributed by atoms with E-state index in [-0.39, 0.29) is 30.7 Å². The van der Waals surface area contributed by atoms with Crippen LogP contribution in [0.25, 0.3) is 0 Å². The number of hydrogen-bond donors (Lipinski definition) is 1. The van der Waals surface area contributed by atoms with Gasteiger partial charge in [-0.1, -0.05) is 35.3 Å². The molecule has 3 rings (SSSR count). The first-order chi connectivity index (χ1) is 12.0. The van der Waals surface area contributed by atoms with E-state index in [2.05, 4.69) is 5.32 Å². The Morgan fingerprint density at radius 1 is 1.00 bits per heavy atom. The fraction of sp³-hybridized carbons (Fsp3) is 0.167. The topological polar surface area (TPSA) is 66.5 Å². The smallest absolute Gasteiger partial charge is 0.261 e. The summed E-state index contributed by atoms with van der Waals surface area (Å²) in [5.74, 6) is -0.904. The molecule has 0 spiro atoms. The number of halogens is 2. The van der Waals surface area contributed by atoms with Crippen molar-refractivity contribution in [1.29, 1.82) is 0 Å². The van der Waals surface area contributed by atoms with Crippen LogP contribution in [0.2, 0.25) is 10.0 Å². The van der Waals surface area contributed by atoms with Crippen LogP contribution in [0, 0.1) is 0 Å². The Labute approximate surface area is 154 Å². The van der Waals surface area contributed by atoms with Crippen molar-refractivity contribution in [3.8, 4) is 0 Å². The van der Waals surface area contributed by atoms with Gasteiger partial charge in [-0.3, -0.25) is 19.3 Å². The highest BCUT2D eigenvalue weighted by Gasteiger charge is 2.34. The Hall–Kier alpha value is -2.37. The molecule has 0 aromatic heterocycles. The van der Waals surface area contributed by atoms with E-state index in [4.69, 9.17) is 23.2 Å². The Morgan fingerprint density at radius 3 is 2.28 bits per heavy atom. The summed E-state index contributed by atoms with van der Waals surface area (Å²) in [5.41, 5.74) is 1.24. The minimum absolute atomic E-state index is 0.149. The molecule has 5 nitrogen and oxygen atoms in total. The van der Waals surface area contributed by atoms with Crippen molar-refractivity contribution in [3.63, 3.8) is 0 Å². The van der Waals surface area contributed by atoms with E-state index in [1.54, 1.807) is 42.5 Å². The summed E-state index contributed by atoms with van der Waals surface area (Å²) in [6, 6.07) is 11.5. The quantitative estimate of drug-likeness (QED) is 0.801. The Balaban J connectivity index is 1.55. The molecule has 0 unspecified atom stereocenters. The summed E-state index contributed by atoms with van der Waals surface area (Å²) in [5, 5.41) is 3.52. The van der Waals surface area contributed by atoms with Gasteiger partial charge in [0.05, 0.1) is 21.8 Å². The second-order valence-electron chi connectivity index (χ2n) is 5.58. The van der Waals surface area contributed by atoms with Crippen molar-refractivity contribution >= 4 is 46.6 Å². The fourth-order valence-corrected chi connectivity index (χ4v) is 2.98. The first-order valence-electron chi connectivity index (χ1n) is 7.67. The third-order valence-electron chi connectivity index (χ3n) is 3.87. The second-order valence-corrected chi connectivity index (χ2v) is 6.43. The van der Waals surface area contributed by atoms with Gasteiger partial charge in [0, 0.05) is 18.0 Å². The van der Waals surface area contributed by atoms with E-state index in [0.29, 0.717) is 33.3 Å². The number of fused-ring (bicyclic) bond motifs is 1. The number of anilines is 1.